The van der Waals surface area contributed by atoms with Crippen molar-refractivity contribution in [1.82, 2.24) is 9.97 Å². The Kier molecular flexibility index (Phi) is 4.73. The number of pyridine rings is 1. The number of aromatic nitrogens is 2. The second-order valence-corrected chi connectivity index (χ2v) is 5.83. The lowest BCUT2D eigenvalue weighted by Gasteiger charge is -2.00. The third-order valence-corrected chi connectivity index (χ3v) is 3.98. The second kappa shape index (κ2) is 6.93. The van der Waals surface area contributed by atoms with E-state index in [2.05, 4.69) is 9.97 Å². The molecule has 3 aromatic heterocycles. The summed E-state index contributed by atoms with van der Waals surface area (Å²) in [7, 11) is 0. The van der Waals surface area contributed by atoms with Gasteiger partial charge in [0.05, 0.1) is 24.3 Å². The SMILES string of the molecule is CCOC(=O)Cc1nc(-c2ccc(Cl)nc2)oc1-c1ccsc1. The molecule has 0 atom stereocenters. The van der Waals surface area contributed by atoms with Crippen LogP contribution in [0.25, 0.3) is 22.8 Å². The van der Waals surface area contributed by atoms with Crippen molar-refractivity contribution in [2.45, 2.75) is 13.3 Å². The van der Waals surface area contributed by atoms with E-state index in [1.54, 1.807) is 36.6 Å². The van der Waals surface area contributed by atoms with Crippen LogP contribution in [0.5, 0.6) is 0 Å². The number of carbonyl (C=O) groups is 1. The summed E-state index contributed by atoms with van der Waals surface area (Å²) in [5.41, 5.74) is 2.13. The molecule has 0 aliphatic heterocycles. The van der Waals surface area contributed by atoms with Crippen molar-refractivity contribution in [3.8, 4) is 22.8 Å². The van der Waals surface area contributed by atoms with E-state index in [0.29, 0.717) is 34.7 Å². The lowest BCUT2D eigenvalue weighted by molar-refractivity contribution is -0.142. The van der Waals surface area contributed by atoms with Crippen LogP contribution in [0.4, 0.5) is 0 Å². The summed E-state index contributed by atoms with van der Waals surface area (Å²) in [5.74, 6) is 0.636. The number of nitrogens with zero attached hydrogens (tertiary/aromatic N) is 2. The molecule has 3 rings (SSSR count). The second-order valence-electron chi connectivity index (χ2n) is 4.66. The molecule has 0 aliphatic carbocycles. The van der Waals surface area contributed by atoms with Gasteiger partial charge in [0.25, 0.3) is 0 Å². The molecule has 0 amide bonds. The zero-order valence-corrected chi connectivity index (χ0v) is 13.9. The number of rotatable bonds is 5. The van der Waals surface area contributed by atoms with Crippen LogP contribution in [0.1, 0.15) is 12.6 Å². The average molecular weight is 349 g/mol. The fraction of sp³-hybridized carbons (Fsp3) is 0.188. The molecule has 0 aromatic carbocycles. The highest BCUT2D eigenvalue weighted by atomic mass is 35.5. The van der Waals surface area contributed by atoms with Crippen LogP contribution in [0.15, 0.2) is 39.6 Å². The Hall–Kier alpha value is -2.18. The van der Waals surface area contributed by atoms with Crippen molar-refractivity contribution >= 4 is 28.9 Å². The zero-order chi connectivity index (χ0) is 16.2. The molecule has 0 saturated heterocycles. The fourth-order valence-corrected chi connectivity index (χ4v) is 2.81. The van der Waals surface area contributed by atoms with Crippen LogP contribution < -0.4 is 0 Å². The van der Waals surface area contributed by atoms with E-state index in [9.17, 15) is 4.79 Å². The van der Waals surface area contributed by atoms with E-state index in [0.717, 1.165) is 5.56 Å². The molecule has 3 aromatic rings. The number of halogens is 1. The number of hydrogen-bond donors (Lipinski definition) is 0. The van der Waals surface area contributed by atoms with E-state index >= 15 is 0 Å². The molecule has 0 fully saturated rings. The summed E-state index contributed by atoms with van der Waals surface area (Å²) in [4.78, 5) is 20.3. The first-order chi connectivity index (χ1) is 11.2. The minimum atomic E-state index is -0.335. The van der Waals surface area contributed by atoms with E-state index in [4.69, 9.17) is 20.8 Å². The summed E-state index contributed by atoms with van der Waals surface area (Å²) >= 11 is 7.34. The summed E-state index contributed by atoms with van der Waals surface area (Å²) in [6.07, 6.45) is 1.64. The van der Waals surface area contributed by atoms with Gasteiger partial charge in [-0.05, 0) is 30.5 Å². The van der Waals surface area contributed by atoms with Gasteiger partial charge in [0.2, 0.25) is 5.89 Å². The Morgan fingerprint density at radius 3 is 2.87 bits per heavy atom. The van der Waals surface area contributed by atoms with E-state index in [1.807, 2.05) is 16.8 Å². The standard InChI is InChI=1S/C16H13ClN2O3S/c1-2-21-14(20)7-12-15(11-5-6-23-9-11)22-16(19-12)10-3-4-13(17)18-8-10/h3-6,8-9H,2,7H2,1H3. The molecule has 0 radical (unpaired) electrons. The monoisotopic (exact) mass is 348 g/mol. The summed E-state index contributed by atoms with van der Waals surface area (Å²) in [6.45, 7) is 2.10. The van der Waals surface area contributed by atoms with Crippen molar-refractivity contribution < 1.29 is 13.9 Å². The Labute approximate surface area is 141 Å². The molecule has 118 valence electrons. The summed E-state index contributed by atoms with van der Waals surface area (Å²) in [6, 6.07) is 5.35. The molecule has 0 saturated carbocycles. The molecule has 0 spiro atoms. The fourth-order valence-electron chi connectivity index (χ4n) is 2.07. The van der Waals surface area contributed by atoms with Gasteiger partial charge in [0, 0.05) is 17.1 Å². The predicted octanol–water partition coefficient (Wildman–Crippen LogP) is 4.22. The first-order valence-corrected chi connectivity index (χ1v) is 8.29. The van der Waals surface area contributed by atoms with Gasteiger partial charge >= 0.3 is 5.97 Å². The maximum absolute atomic E-state index is 11.8. The minimum Gasteiger partial charge on any atom is -0.466 e. The quantitative estimate of drug-likeness (QED) is 0.510. The number of ether oxygens (including phenoxy) is 1. The van der Waals surface area contributed by atoms with Gasteiger partial charge in [-0.2, -0.15) is 11.3 Å². The van der Waals surface area contributed by atoms with Gasteiger partial charge in [0.15, 0.2) is 5.76 Å². The predicted molar refractivity (Wildman–Crippen MR) is 88.4 cm³/mol. The van der Waals surface area contributed by atoms with Crippen molar-refractivity contribution in [2.75, 3.05) is 6.61 Å². The first kappa shape index (κ1) is 15.7. The number of oxazole rings is 1. The van der Waals surface area contributed by atoms with Crippen LogP contribution >= 0.6 is 22.9 Å². The minimum absolute atomic E-state index is 0.0591. The summed E-state index contributed by atoms with van der Waals surface area (Å²) < 4.78 is 10.9. The Bertz CT molecular complexity index is 797. The van der Waals surface area contributed by atoms with Crippen LogP contribution in [-0.2, 0) is 16.0 Å². The van der Waals surface area contributed by atoms with E-state index < -0.39 is 0 Å². The molecule has 0 unspecified atom stereocenters. The molecule has 23 heavy (non-hydrogen) atoms. The van der Waals surface area contributed by atoms with Crippen LogP contribution in [0.3, 0.4) is 0 Å². The lowest BCUT2D eigenvalue weighted by Crippen LogP contribution is -2.08. The molecular formula is C16H13ClN2O3S. The highest BCUT2D eigenvalue weighted by Gasteiger charge is 2.20. The maximum Gasteiger partial charge on any atom is 0.312 e. The Morgan fingerprint density at radius 2 is 2.22 bits per heavy atom. The molecular weight excluding hydrogens is 336 g/mol. The van der Waals surface area contributed by atoms with Gasteiger partial charge < -0.3 is 9.15 Å². The highest BCUT2D eigenvalue weighted by Crippen LogP contribution is 2.31. The molecule has 5 nitrogen and oxygen atoms in total. The zero-order valence-electron chi connectivity index (χ0n) is 12.3. The first-order valence-electron chi connectivity index (χ1n) is 6.97. The van der Waals surface area contributed by atoms with Gasteiger partial charge in [-0.15, -0.1) is 0 Å². The third-order valence-electron chi connectivity index (χ3n) is 3.07. The molecule has 3 heterocycles. The van der Waals surface area contributed by atoms with Crippen molar-refractivity contribution in [3.05, 3.63) is 46.0 Å². The summed E-state index contributed by atoms with van der Waals surface area (Å²) in [5, 5.41) is 4.28. The number of hydrogen-bond acceptors (Lipinski definition) is 6. The average Bonchev–Trinajstić information content (AvgIpc) is 3.17. The van der Waals surface area contributed by atoms with Gasteiger partial charge in [-0.25, -0.2) is 9.97 Å². The Balaban J connectivity index is 1.99. The number of esters is 1. The largest absolute Gasteiger partial charge is 0.466 e. The van der Waals surface area contributed by atoms with Crippen molar-refractivity contribution in [2.24, 2.45) is 0 Å². The van der Waals surface area contributed by atoms with Crippen LogP contribution in [-0.4, -0.2) is 22.5 Å². The van der Waals surface area contributed by atoms with Crippen molar-refractivity contribution in [3.63, 3.8) is 0 Å². The van der Waals surface area contributed by atoms with Crippen LogP contribution in [0.2, 0.25) is 5.15 Å². The topological polar surface area (TPSA) is 65.2 Å². The lowest BCUT2D eigenvalue weighted by atomic mass is 10.2. The molecule has 7 heteroatoms. The Morgan fingerprint density at radius 1 is 1.35 bits per heavy atom. The third kappa shape index (κ3) is 3.60. The van der Waals surface area contributed by atoms with Gasteiger partial charge in [0.1, 0.15) is 5.15 Å². The highest BCUT2D eigenvalue weighted by molar-refractivity contribution is 7.08. The molecule has 0 N–H and O–H groups in total. The normalized spacial score (nSPS) is 10.7. The van der Waals surface area contributed by atoms with Crippen LogP contribution in [0, 0.1) is 0 Å². The van der Waals surface area contributed by atoms with Gasteiger partial charge in [-0.1, -0.05) is 11.6 Å². The van der Waals surface area contributed by atoms with Crippen molar-refractivity contribution in [1.29, 1.82) is 0 Å². The molecule has 0 bridgehead atoms. The van der Waals surface area contributed by atoms with E-state index in [1.165, 1.54) is 0 Å². The smallest absolute Gasteiger partial charge is 0.312 e. The number of thiophene rings is 1. The number of carbonyl (C=O) groups excluding carboxylic acids is 1. The maximum atomic E-state index is 11.8. The van der Waals surface area contributed by atoms with E-state index in [-0.39, 0.29) is 12.4 Å². The van der Waals surface area contributed by atoms with Gasteiger partial charge in [-0.3, -0.25) is 4.79 Å². The molecule has 0 aliphatic rings.